The zero-order valence-corrected chi connectivity index (χ0v) is 14.9. The van der Waals surface area contributed by atoms with E-state index in [9.17, 15) is 20.4 Å². The van der Waals surface area contributed by atoms with Gasteiger partial charge in [0.05, 0.1) is 6.10 Å². The van der Waals surface area contributed by atoms with Gasteiger partial charge in [-0.3, -0.25) is 0 Å². The summed E-state index contributed by atoms with van der Waals surface area (Å²) >= 11 is 0. The van der Waals surface area contributed by atoms with Gasteiger partial charge in [0.1, 0.15) is 11.9 Å². The summed E-state index contributed by atoms with van der Waals surface area (Å²) in [5, 5.41) is 41.3. The van der Waals surface area contributed by atoms with E-state index in [0.717, 1.165) is 44.1 Å². The second kappa shape index (κ2) is 5.46. The Kier molecular flexibility index (Phi) is 3.83. The van der Waals surface area contributed by atoms with E-state index in [1.54, 1.807) is 0 Å². The van der Waals surface area contributed by atoms with Gasteiger partial charge in [-0.25, -0.2) is 0 Å². The van der Waals surface area contributed by atoms with Gasteiger partial charge in [-0.15, -0.1) is 0 Å². The van der Waals surface area contributed by atoms with E-state index >= 15 is 0 Å². The number of fused-ring (bicyclic) bond motifs is 5. The molecule has 0 saturated heterocycles. The molecule has 0 bridgehead atoms. The predicted molar refractivity (Wildman–Crippen MR) is 91.2 cm³/mol. The normalized spacial score (nSPS) is 54.2. The highest BCUT2D eigenvalue weighted by Crippen LogP contribution is 2.66. The van der Waals surface area contributed by atoms with Gasteiger partial charge < -0.3 is 20.4 Å². The molecule has 0 aromatic carbocycles. The molecule has 0 radical (unpaired) electrons. The molecule has 0 aromatic rings. The lowest BCUT2D eigenvalue weighted by Crippen LogP contribution is -2.54. The maximum absolute atomic E-state index is 10.6. The first-order valence-electron chi connectivity index (χ1n) is 9.73. The highest BCUT2D eigenvalue weighted by atomic mass is 16.3. The van der Waals surface area contributed by atoms with Crippen LogP contribution in [-0.2, 0) is 0 Å². The smallest absolute Gasteiger partial charge is 0.121 e. The summed E-state index contributed by atoms with van der Waals surface area (Å²) in [7, 11) is 0. The van der Waals surface area contributed by atoms with Crippen LogP contribution in [0.5, 0.6) is 0 Å². The zero-order valence-electron chi connectivity index (χ0n) is 14.9. The Hall–Kier alpha value is -0.580. The quantitative estimate of drug-likeness (QED) is 0.593. The fourth-order valence-corrected chi connectivity index (χ4v) is 7.23. The van der Waals surface area contributed by atoms with Crippen LogP contribution >= 0.6 is 0 Å². The summed E-state index contributed by atoms with van der Waals surface area (Å²) in [5.41, 5.74) is 0.843. The van der Waals surface area contributed by atoms with Crippen LogP contribution in [0.1, 0.15) is 58.8 Å². The van der Waals surface area contributed by atoms with Gasteiger partial charge in [-0.1, -0.05) is 13.8 Å². The summed E-state index contributed by atoms with van der Waals surface area (Å²) < 4.78 is 0. The van der Waals surface area contributed by atoms with Crippen molar-refractivity contribution in [1.82, 2.24) is 0 Å². The standard InChI is InChI=1S/C20H32O4/c1-19-7-5-14-12(13(19)3-4-16(19)23)9-11(10-21)17-18(24)15(22)6-8-20(14,17)2/h11-16,21-24H,3-10H2,1-2H3/t11?,12-,13-,14-,15-,16-,19-,20+/m0/s1. The van der Waals surface area contributed by atoms with Crippen LogP contribution in [-0.4, -0.2) is 39.2 Å². The molecule has 4 nitrogen and oxygen atoms in total. The van der Waals surface area contributed by atoms with Crippen molar-refractivity contribution in [2.75, 3.05) is 6.61 Å². The van der Waals surface area contributed by atoms with Crippen molar-refractivity contribution >= 4 is 0 Å². The van der Waals surface area contributed by atoms with Gasteiger partial charge in [-0.05, 0) is 79.1 Å². The molecular weight excluding hydrogens is 304 g/mol. The van der Waals surface area contributed by atoms with Crippen molar-refractivity contribution in [3.05, 3.63) is 11.3 Å². The van der Waals surface area contributed by atoms with Crippen LogP contribution < -0.4 is 0 Å². The molecule has 136 valence electrons. The van der Waals surface area contributed by atoms with Crippen LogP contribution in [0.2, 0.25) is 0 Å². The van der Waals surface area contributed by atoms with Crippen LogP contribution in [0, 0.1) is 34.5 Å². The van der Waals surface area contributed by atoms with Crippen molar-refractivity contribution in [2.24, 2.45) is 34.5 Å². The Bertz CT molecular complexity index is 558. The maximum Gasteiger partial charge on any atom is 0.121 e. The van der Waals surface area contributed by atoms with Crippen molar-refractivity contribution in [3.63, 3.8) is 0 Å². The largest absolute Gasteiger partial charge is 0.510 e. The van der Waals surface area contributed by atoms with Gasteiger partial charge in [-0.2, -0.15) is 0 Å². The van der Waals surface area contributed by atoms with Gasteiger partial charge in [0.25, 0.3) is 0 Å². The maximum atomic E-state index is 10.6. The van der Waals surface area contributed by atoms with Crippen LogP contribution in [0.15, 0.2) is 11.3 Å². The highest BCUT2D eigenvalue weighted by molar-refractivity contribution is 5.31. The number of aliphatic hydroxyl groups is 4. The molecule has 8 atom stereocenters. The van der Waals surface area contributed by atoms with E-state index in [4.69, 9.17) is 0 Å². The van der Waals surface area contributed by atoms with Crippen molar-refractivity contribution in [2.45, 2.75) is 71.0 Å². The lowest BCUT2D eigenvalue weighted by Gasteiger charge is -2.60. The van der Waals surface area contributed by atoms with Crippen LogP contribution in [0.25, 0.3) is 0 Å². The van der Waals surface area contributed by atoms with Crippen molar-refractivity contribution < 1.29 is 20.4 Å². The van der Waals surface area contributed by atoms with Gasteiger partial charge in [0.15, 0.2) is 0 Å². The molecule has 4 N–H and O–H groups in total. The predicted octanol–water partition coefficient (Wildman–Crippen LogP) is 2.78. The minimum absolute atomic E-state index is 0.0228. The second-order valence-electron chi connectivity index (χ2n) is 9.40. The molecule has 0 aliphatic heterocycles. The molecule has 4 aliphatic rings. The SMILES string of the molecule is C[C@]12CC[C@H]3[C@@H](CC(CO)C4=C(O)[C@@H](O)CC[C@@]43C)[C@@H]1CC[C@@H]2O. The van der Waals surface area contributed by atoms with E-state index in [-0.39, 0.29) is 35.2 Å². The molecule has 4 heteroatoms. The molecule has 0 amide bonds. The zero-order chi connectivity index (χ0) is 17.3. The Morgan fingerprint density at radius 1 is 1.00 bits per heavy atom. The first-order valence-corrected chi connectivity index (χ1v) is 9.73. The number of rotatable bonds is 1. The van der Waals surface area contributed by atoms with Crippen LogP contribution in [0.4, 0.5) is 0 Å². The van der Waals surface area contributed by atoms with E-state index in [0.29, 0.717) is 24.2 Å². The Morgan fingerprint density at radius 2 is 1.75 bits per heavy atom. The Balaban J connectivity index is 1.76. The molecule has 1 unspecified atom stereocenters. The van der Waals surface area contributed by atoms with Gasteiger partial charge >= 0.3 is 0 Å². The summed E-state index contributed by atoms with van der Waals surface area (Å²) in [4.78, 5) is 0. The highest BCUT2D eigenvalue weighted by Gasteiger charge is 2.61. The topological polar surface area (TPSA) is 80.9 Å². The molecule has 0 spiro atoms. The monoisotopic (exact) mass is 336 g/mol. The Morgan fingerprint density at radius 3 is 2.46 bits per heavy atom. The van der Waals surface area contributed by atoms with E-state index < -0.39 is 6.10 Å². The van der Waals surface area contributed by atoms with Crippen molar-refractivity contribution in [3.8, 4) is 0 Å². The third-order valence-corrected chi connectivity index (χ3v) is 8.53. The van der Waals surface area contributed by atoms with Gasteiger partial charge in [0.2, 0.25) is 0 Å². The van der Waals surface area contributed by atoms with Crippen molar-refractivity contribution in [1.29, 1.82) is 0 Å². The summed E-state index contributed by atoms with van der Waals surface area (Å²) in [5.74, 6) is 1.61. The second-order valence-corrected chi connectivity index (χ2v) is 9.40. The third-order valence-electron chi connectivity index (χ3n) is 8.53. The average molecular weight is 336 g/mol. The third kappa shape index (κ3) is 2.02. The van der Waals surface area contributed by atoms with E-state index in [2.05, 4.69) is 13.8 Å². The van der Waals surface area contributed by atoms with E-state index in [1.807, 2.05) is 0 Å². The number of hydrogen-bond acceptors (Lipinski definition) is 4. The number of hydrogen-bond donors (Lipinski definition) is 4. The Labute approximate surface area is 144 Å². The minimum Gasteiger partial charge on any atom is -0.510 e. The average Bonchev–Trinajstić information content (AvgIpc) is 2.86. The van der Waals surface area contributed by atoms with Crippen LogP contribution in [0.3, 0.4) is 0 Å². The molecule has 3 saturated carbocycles. The molecular formula is C20H32O4. The fourth-order valence-electron chi connectivity index (χ4n) is 7.23. The number of aliphatic hydroxyl groups excluding tert-OH is 4. The molecule has 4 rings (SSSR count). The fraction of sp³-hybridized carbons (Fsp3) is 0.900. The first kappa shape index (κ1) is 16.9. The summed E-state index contributed by atoms with van der Waals surface area (Å²) in [6, 6.07) is 0. The molecule has 0 aromatic heterocycles. The lowest BCUT2D eigenvalue weighted by atomic mass is 9.45. The van der Waals surface area contributed by atoms with E-state index in [1.165, 1.54) is 0 Å². The summed E-state index contributed by atoms with van der Waals surface area (Å²) in [6.07, 6.45) is 5.54. The first-order chi connectivity index (χ1) is 11.3. The minimum atomic E-state index is -0.763. The molecule has 0 heterocycles. The summed E-state index contributed by atoms with van der Waals surface area (Å²) in [6.45, 7) is 4.55. The molecule has 24 heavy (non-hydrogen) atoms. The lowest BCUT2D eigenvalue weighted by molar-refractivity contribution is -0.0931. The van der Waals surface area contributed by atoms with Gasteiger partial charge in [0, 0.05) is 12.5 Å². The molecule has 3 fully saturated rings. The molecule has 4 aliphatic carbocycles.